The van der Waals surface area contributed by atoms with Crippen molar-refractivity contribution in [3.8, 4) is 0 Å². The van der Waals surface area contributed by atoms with Gasteiger partial charge in [0.2, 0.25) is 0 Å². The van der Waals surface area contributed by atoms with Crippen molar-refractivity contribution in [2.45, 2.75) is 33.7 Å². The molecular weight excluding hydrogens is 126 g/mol. The van der Waals surface area contributed by atoms with Gasteiger partial charge >= 0.3 is 0 Å². The summed E-state index contributed by atoms with van der Waals surface area (Å²) in [6, 6.07) is 0.0648. The predicted molar refractivity (Wildman–Crippen MR) is 45.2 cm³/mol. The molecule has 62 valence electrons. The predicted octanol–water partition coefficient (Wildman–Crippen LogP) is 1.55. The first kappa shape index (κ1) is 12.3. The number of Topliss-reactive ketones (excluding diaryl/α,β-unsaturated/α-hetero) is 1. The Labute approximate surface area is 64.2 Å². The van der Waals surface area contributed by atoms with E-state index in [-0.39, 0.29) is 11.8 Å². The van der Waals surface area contributed by atoms with E-state index in [9.17, 15) is 4.79 Å². The van der Waals surface area contributed by atoms with E-state index < -0.39 is 0 Å². The van der Waals surface area contributed by atoms with E-state index in [1.165, 1.54) is 0 Å². The molecule has 1 unspecified atom stereocenters. The van der Waals surface area contributed by atoms with Gasteiger partial charge in [-0.3, -0.25) is 9.69 Å². The third-order valence-corrected chi connectivity index (χ3v) is 1.36. The Kier molecular flexibility index (Phi) is 8.31. The average molecular weight is 145 g/mol. The van der Waals surface area contributed by atoms with Crippen LogP contribution in [-0.4, -0.2) is 30.8 Å². The smallest absolute Gasteiger partial charge is 0.146 e. The van der Waals surface area contributed by atoms with E-state index in [2.05, 4.69) is 0 Å². The Hall–Kier alpha value is -0.370. The van der Waals surface area contributed by atoms with Gasteiger partial charge in [0.1, 0.15) is 5.78 Å². The van der Waals surface area contributed by atoms with Crippen LogP contribution in [0.1, 0.15) is 27.7 Å². The summed E-state index contributed by atoms with van der Waals surface area (Å²) < 4.78 is 0. The minimum atomic E-state index is 0.0648. The molecule has 0 aromatic carbocycles. The second-order valence-electron chi connectivity index (χ2n) is 2.25. The van der Waals surface area contributed by atoms with E-state index in [1.807, 2.05) is 39.8 Å². The zero-order chi connectivity index (χ0) is 8.73. The Bertz CT molecular complexity index is 89.3. The summed E-state index contributed by atoms with van der Waals surface area (Å²) in [5.74, 6) is 0.218. The molecule has 10 heavy (non-hydrogen) atoms. The summed E-state index contributed by atoms with van der Waals surface area (Å²) in [5, 5.41) is 0. The maximum absolute atomic E-state index is 10.5. The Morgan fingerprint density at radius 2 is 1.60 bits per heavy atom. The van der Waals surface area contributed by atoms with Crippen molar-refractivity contribution < 1.29 is 4.79 Å². The van der Waals surface area contributed by atoms with Gasteiger partial charge in [0.05, 0.1) is 6.04 Å². The Morgan fingerprint density at radius 1 is 1.30 bits per heavy atom. The highest BCUT2D eigenvalue weighted by molar-refractivity contribution is 5.80. The first-order valence-corrected chi connectivity index (χ1v) is 3.72. The summed E-state index contributed by atoms with van der Waals surface area (Å²) in [6.45, 7) is 7.49. The van der Waals surface area contributed by atoms with Gasteiger partial charge < -0.3 is 0 Å². The van der Waals surface area contributed by atoms with Crippen LogP contribution in [0.2, 0.25) is 0 Å². The van der Waals surface area contributed by atoms with Gasteiger partial charge in [-0.2, -0.15) is 0 Å². The molecule has 0 bridgehead atoms. The number of nitrogens with zero attached hydrogens (tertiary/aromatic N) is 1. The highest BCUT2D eigenvalue weighted by Gasteiger charge is 2.07. The van der Waals surface area contributed by atoms with Crippen LogP contribution < -0.4 is 0 Å². The van der Waals surface area contributed by atoms with Crippen molar-refractivity contribution >= 4 is 5.78 Å². The minimum absolute atomic E-state index is 0.0648. The van der Waals surface area contributed by atoms with Crippen molar-refractivity contribution in [3.63, 3.8) is 0 Å². The molecule has 0 saturated heterocycles. The summed E-state index contributed by atoms with van der Waals surface area (Å²) >= 11 is 0. The summed E-state index contributed by atoms with van der Waals surface area (Å²) in [6.07, 6.45) is 0. The highest BCUT2D eigenvalue weighted by atomic mass is 16.1. The number of rotatable bonds is 2. The normalized spacial score (nSPS) is 11.9. The molecule has 2 heteroatoms. The second kappa shape index (κ2) is 6.75. The molecule has 0 amide bonds. The lowest BCUT2D eigenvalue weighted by molar-refractivity contribution is -0.120. The number of carbonyl (C=O) groups excluding carboxylic acids is 1. The van der Waals surface area contributed by atoms with Crippen LogP contribution in [0.3, 0.4) is 0 Å². The molecule has 0 saturated carbocycles. The number of likely N-dealkylation sites (N-methyl/N-ethyl adjacent to an activating group) is 1. The van der Waals surface area contributed by atoms with E-state index in [4.69, 9.17) is 0 Å². The molecule has 0 fully saturated rings. The molecule has 1 atom stereocenters. The molecule has 0 aromatic rings. The van der Waals surface area contributed by atoms with Crippen LogP contribution in [0.15, 0.2) is 0 Å². The molecular formula is C8H19NO. The Morgan fingerprint density at radius 3 is 1.60 bits per heavy atom. The van der Waals surface area contributed by atoms with Gasteiger partial charge in [0, 0.05) is 0 Å². The van der Waals surface area contributed by atoms with Gasteiger partial charge in [-0.1, -0.05) is 13.8 Å². The first-order chi connectivity index (χ1) is 4.55. The number of hydrogen-bond acceptors (Lipinski definition) is 2. The Balaban J connectivity index is 0. The zero-order valence-corrected chi connectivity index (χ0v) is 7.93. The van der Waals surface area contributed by atoms with Gasteiger partial charge in [-0.05, 0) is 27.9 Å². The topological polar surface area (TPSA) is 20.3 Å². The van der Waals surface area contributed by atoms with Crippen molar-refractivity contribution in [3.05, 3.63) is 0 Å². The lowest BCUT2D eigenvalue weighted by atomic mass is 10.2. The quantitative estimate of drug-likeness (QED) is 0.587. The molecule has 0 aliphatic rings. The maximum atomic E-state index is 10.5. The van der Waals surface area contributed by atoms with E-state index >= 15 is 0 Å². The molecule has 0 spiro atoms. The number of carbonyl (C=O) groups is 1. The largest absolute Gasteiger partial charge is 0.300 e. The lowest BCUT2D eigenvalue weighted by Crippen LogP contribution is -2.30. The zero-order valence-electron chi connectivity index (χ0n) is 7.93. The first-order valence-electron chi connectivity index (χ1n) is 3.72. The van der Waals surface area contributed by atoms with Gasteiger partial charge in [-0.25, -0.2) is 0 Å². The maximum Gasteiger partial charge on any atom is 0.146 e. The fourth-order valence-electron chi connectivity index (χ4n) is 0.364. The van der Waals surface area contributed by atoms with Crippen LogP contribution in [0.25, 0.3) is 0 Å². The molecule has 0 heterocycles. The van der Waals surface area contributed by atoms with Crippen LogP contribution >= 0.6 is 0 Å². The van der Waals surface area contributed by atoms with E-state index in [0.29, 0.717) is 0 Å². The standard InChI is InChI=1S/C6H13NO.C2H6/c1-5(6(2)8)7(3)4;1-2/h5H,1-4H3;1-2H3. The summed E-state index contributed by atoms with van der Waals surface area (Å²) in [5.41, 5.74) is 0. The third-order valence-electron chi connectivity index (χ3n) is 1.36. The molecule has 0 aliphatic carbocycles. The summed E-state index contributed by atoms with van der Waals surface area (Å²) in [7, 11) is 3.79. The molecule has 0 N–H and O–H groups in total. The van der Waals surface area contributed by atoms with Crippen LogP contribution in [0.4, 0.5) is 0 Å². The molecule has 0 aromatic heterocycles. The third kappa shape index (κ3) is 5.76. The van der Waals surface area contributed by atoms with Gasteiger partial charge in [0.15, 0.2) is 0 Å². The van der Waals surface area contributed by atoms with Crippen LogP contribution in [0.5, 0.6) is 0 Å². The van der Waals surface area contributed by atoms with Crippen molar-refractivity contribution in [2.75, 3.05) is 14.1 Å². The van der Waals surface area contributed by atoms with Crippen LogP contribution in [0, 0.1) is 0 Å². The lowest BCUT2D eigenvalue weighted by Gasteiger charge is -2.15. The molecule has 0 rings (SSSR count). The minimum Gasteiger partial charge on any atom is -0.300 e. The van der Waals surface area contributed by atoms with E-state index in [1.54, 1.807) is 6.92 Å². The van der Waals surface area contributed by atoms with Crippen molar-refractivity contribution in [1.29, 1.82) is 0 Å². The fourth-order valence-corrected chi connectivity index (χ4v) is 0.364. The highest BCUT2D eigenvalue weighted by Crippen LogP contribution is 1.90. The molecule has 0 aliphatic heterocycles. The van der Waals surface area contributed by atoms with Gasteiger partial charge in [-0.15, -0.1) is 0 Å². The monoisotopic (exact) mass is 145 g/mol. The van der Waals surface area contributed by atoms with Gasteiger partial charge in [0.25, 0.3) is 0 Å². The van der Waals surface area contributed by atoms with Crippen molar-refractivity contribution in [2.24, 2.45) is 0 Å². The SMILES string of the molecule is CC.CC(=O)C(C)N(C)C. The second-order valence-corrected chi connectivity index (χ2v) is 2.25. The fraction of sp³-hybridized carbons (Fsp3) is 0.875. The number of hydrogen-bond donors (Lipinski definition) is 0. The molecule has 0 radical (unpaired) electrons. The van der Waals surface area contributed by atoms with Crippen molar-refractivity contribution in [1.82, 2.24) is 4.90 Å². The summed E-state index contributed by atoms with van der Waals surface area (Å²) in [4.78, 5) is 12.4. The van der Waals surface area contributed by atoms with E-state index in [0.717, 1.165) is 0 Å². The van der Waals surface area contributed by atoms with Crippen LogP contribution in [-0.2, 0) is 4.79 Å². The average Bonchev–Trinajstić information content (AvgIpc) is 1.90. The molecule has 2 nitrogen and oxygen atoms in total. The number of ketones is 1.